The molecule has 1 aliphatic rings. The van der Waals surface area contributed by atoms with Gasteiger partial charge in [0, 0.05) is 6.08 Å². The minimum atomic E-state index is -0.891. The SMILES string of the molecule is C/C=C/C(=O)O.O/N=C1/CCCC(Cl)C1Cl. The molecule has 1 saturated carbocycles. The lowest BCUT2D eigenvalue weighted by Crippen LogP contribution is -2.29. The number of alkyl halides is 2. The molecule has 0 aliphatic heterocycles. The summed E-state index contributed by atoms with van der Waals surface area (Å²) in [6, 6.07) is 0. The molecular formula is C10H15Cl2NO3. The largest absolute Gasteiger partial charge is 0.478 e. The standard InChI is InChI=1S/C6H9Cl2NO.C4H6O2/c7-4-2-1-3-5(9-10)6(4)8;1-2-3-4(5)6/h4,6,10H,1-3H2;2-3H,1H3,(H,5,6)/b9-5-;3-2+. The molecule has 0 radical (unpaired) electrons. The van der Waals surface area contributed by atoms with Gasteiger partial charge in [-0.3, -0.25) is 0 Å². The Bertz CT molecular complexity index is 279. The van der Waals surface area contributed by atoms with E-state index in [0.717, 1.165) is 25.3 Å². The van der Waals surface area contributed by atoms with E-state index in [1.165, 1.54) is 6.08 Å². The summed E-state index contributed by atoms with van der Waals surface area (Å²) in [4.78, 5) is 9.51. The van der Waals surface area contributed by atoms with E-state index in [9.17, 15) is 4.79 Å². The highest BCUT2D eigenvalue weighted by Crippen LogP contribution is 2.25. The lowest BCUT2D eigenvalue weighted by Gasteiger charge is -2.21. The molecular weight excluding hydrogens is 253 g/mol. The molecule has 0 saturated heterocycles. The van der Waals surface area contributed by atoms with Crippen LogP contribution < -0.4 is 0 Å². The molecule has 6 heteroatoms. The number of carboxylic acid groups (broad SMARTS) is 1. The fourth-order valence-electron chi connectivity index (χ4n) is 1.22. The summed E-state index contributed by atoms with van der Waals surface area (Å²) in [7, 11) is 0. The zero-order valence-electron chi connectivity index (χ0n) is 8.94. The first-order chi connectivity index (χ1) is 7.52. The predicted octanol–water partition coefficient (Wildman–Crippen LogP) is 2.86. The smallest absolute Gasteiger partial charge is 0.327 e. The van der Waals surface area contributed by atoms with Crippen LogP contribution in [0.2, 0.25) is 0 Å². The predicted molar refractivity (Wildman–Crippen MR) is 64.8 cm³/mol. The number of halogens is 2. The first-order valence-electron chi connectivity index (χ1n) is 4.87. The Hall–Kier alpha value is -0.740. The molecule has 4 nitrogen and oxygen atoms in total. The molecule has 0 aromatic heterocycles. The third-order valence-corrected chi connectivity index (χ3v) is 3.14. The van der Waals surface area contributed by atoms with Crippen molar-refractivity contribution in [3.8, 4) is 0 Å². The van der Waals surface area contributed by atoms with Crippen LogP contribution in [0, 0.1) is 0 Å². The van der Waals surface area contributed by atoms with Gasteiger partial charge < -0.3 is 10.3 Å². The number of nitrogens with zero attached hydrogens (tertiary/aromatic N) is 1. The van der Waals surface area contributed by atoms with Gasteiger partial charge in [0.15, 0.2) is 0 Å². The maximum absolute atomic E-state index is 9.51. The van der Waals surface area contributed by atoms with Crippen molar-refractivity contribution in [2.45, 2.75) is 36.9 Å². The van der Waals surface area contributed by atoms with Crippen LogP contribution in [-0.4, -0.2) is 32.7 Å². The van der Waals surface area contributed by atoms with Crippen LogP contribution in [0.15, 0.2) is 17.3 Å². The monoisotopic (exact) mass is 267 g/mol. The Morgan fingerprint density at radius 1 is 1.56 bits per heavy atom. The van der Waals surface area contributed by atoms with Gasteiger partial charge in [-0.15, -0.1) is 23.2 Å². The highest BCUT2D eigenvalue weighted by Gasteiger charge is 2.26. The number of carbonyl (C=O) groups is 1. The Balaban J connectivity index is 0.000000325. The summed E-state index contributed by atoms with van der Waals surface area (Å²) in [6.45, 7) is 1.66. The molecule has 0 bridgehead atoms. The number of hydrogen-bond donors (Lipinski definition) is 2. The average Bonchev–Trinajstić information content (AvgIpc) is 2.23. The molecule has 1 rings (SSSR count). The van der Waals surface area contributed by atoms with E-state index in [4.69, 9.17) is 33.5 Å². The number of carboxylic acids is 1. The molecule has 0 aromatic rings. The molecule has 0 spiro atoms. The minimum absolute atomic E-state index is 0.0682. The summed E-state index contributed by atoms with van der Waals surface area (Å²) < 4.78 is 0. The third kappa shape index (κ3) is 5.98. The second-order valence-electron chi connectivity index (χ2n) is 3.24. The molecule has 0 heterocycles. The van der Waals surface area contributed by atoms with Gasteiger partial charge >= 0.3 is 5.97 Å². The van der Waals surface area contributed by atoms with Gasteiger partial charge in [-0.2, -0.15) is 0 Å². The molecule has 0 amide bonds. The van der Waals surface area contributed by atoms with Crippen LogP contribution in [0.3, 0.4) is 0 Å². The Morgan fingerprint density at radius 3 is 2.50 bits per heavy atom. The molecule has 2 unspecified atom stereocenters. The summed E-state index contributed by atoms with van der Waals surface area (Å²) in [6.07, 6.45) is 5.21. The van der Waals surface area contributed by atoms with E-state index < -0.39 is 5.97 Å². The Morgan fingerprint density at radius 2 is 2.19 bits per heavy atom. The van der Waals surface area contributed by atoms with Crippen LogP contribution in [0.1, 0.15) is 26.2 Å². The summed E-state index contributed by atoms with van der Waals surface area (Å²) in [5, 5.41) is 19.0. The second kappa shape index (κ2) is 8.42. The van der Waals surface area contributed by atoms with Crippen LogP contribution in [0.5, 0.6) is 0 Å². The first kappa shape index (κ1) is 15.3. The first-order valence-corrected chi connectivity index (χ1v) is 5.74. The lowest BCUT2D eigenvalue weighted by molar-refractivity contribution is -0.131. The van der Waals surface area contributed by atoms with E-state index in [1.807, 2.05) is 0 Å². The van der Waals surface area contributed by atoms with E-state index in [-0.39, 0.29) is 10.8 Å². The Labute approximate surface area is 105 Å². The van der Waals surface area contributed by atoms with Crippen LogP contribution in [0.25, 0.3) is 0 Å². The molecule has 2 atom stereocenters. The maximum Gasteiger partial charge on any atom is 0.327 e. The van der Waals surface area contributed by atoms with Gasteiger partial charge in [0.2, 0.25) is 0 Å². The van der Waals surface area contributed by atoms with Gasteiger partial charge in [-0.05, 0) is 26.2 Å². The van der Waals surface area contributed by atoms with Gasteiger partial charge in [0.25, 0.3) is 0 Å². The lowest BCUT2D eigenvalue weighted by atomic mass is 9.98. The molecule has 92 valence electrons. The van der Waals surface area contributed by atoms with Crippen molar-refractivity contribution in [1.29, 1.82) is 0 Å². The fraction of sp³-hybridized carbons (Fsp3) is 0.600. The van der Waals surface area contributed by atoms with E-state index in [0.29, 0.717) is 5.71 Å². The quantitative estimate of drug-likeness (QED) is 0.332. The Kier molecular flexibility index (Phi) is 8.03. The van der Waals surface area contributed by atoms with Crippen LogP contribution >= 0.6 is 23.2 Å². The van der Waals surface area contributed by atoms with Gasteiger partial charge in [0.1, 0.15) is 0 Å². The number of oxime groups is 1. The van der Waals surface area contributed by atoms with Crippen molar-refractivity contribution in [3.05, 3.63) is 12.2 Å². The van der Waals surface area contributed by atoms with Crippen LogP contribution in [-0.2, 0) is 4.79 Å². The van der Waals surface area contributed by atoms with Gasteiger partial charge in [-0.1, -0.05) is 11.2 Å². The summed E-state index contributed by atoms with van der Waals surface area (Å²) in [5.41, 5.74) is 0.618. The molecule has 1 aliphatic carbocycles. The highest BCUT2D eigenvalue weighted by molar-refractivity contribution is 6.38. The van der Waals surface area contributed by atoms with Crippen molar-refractivity contribution >= 4 is 34.9 Å². The normalized spacial score (nSPS) is 27.6. The third-order valence-electron chi connectivity index (χ3n) is 1.99. The van der Waals surface area contributed by atoms with E-state index in [1.54, 1.807) is 6.92 Å². The topological polar surface area (TPSA) is 69.9 Å². The average molecular weight is 268 g/mol. The molecule has 16 heavy (non-hydrogen) atoms. The second-order valence-corrected chi connectivity index (χ2v) is 4.27. The fourth-order valence-corrected chi connectivity index (χ4v) is 1.80. The van der Waals surface area contributed by atoms with E-state index in [2.05, 4.69) is 5.16 Å². The maximum atomic E-state index is 9.51. The van der Waals surface area contributed by atoms with Crippen molar-refractivity contribution in [1.82, 2.24) is 0 Å². The van der Waals surface area contributed by atoms with Crippen LogP contribution in [0.4, 0.5) is 0 Å². The van der Waals surface area contributed by atoms with E-state index >= 15 is 0 Å². The zero-order valence-corrected chi connectivity index (χ0v) is 10.4. The zero-order chi connectivity index (χ0) is 12.6. The van der Waals surface area contributed by atoms with Crippen molar-refractivity contribution in [2.75, 3.05) is 0 Å². The number of aliphatic carboxylic acids is 1. The number of allylic oxidation sites excluding steroid dienone is 1. The van der Waals surface area contributed by atoms with Crippen molar-refractivity contribution < 1.29 is 15.1 Å². The number of hydrogen-bond acceptors (Lipinski definition) is 3. The molecule has 1 fully saturated rings. The summed E-state index contributed by atoms with van der Waals surface area (Å²) in [5.74, 6) is -0.891. The highest BCUT2D eigenvalue weighted by atomic mass is 35.5. The van der Waals surface area contributed by atoms with Crippen molar-refractivity contribution in [2.24, 2.45) is 5.16 Å². The molecule has 0 aromatic carbocycles. The molecule has 2 N–H and O–H groups in total. The van der Waals surface area contributed by atoms with Gasteiger partial charge in [0.05, 0.1) is 16.5 Å². The van der Waals surface area contributed by atoms with Gasteiger partial charge in [-0.25, -0.2) is 4.79 Å². The number of rotatable bonds is 1. The minimum Gasteiger partial charge on any atom is -0.478 e. The summed E-state index contributed by atoms with van der Waals surface area (Å²) >= 11 is 11.6. The van der Waals surface area contributed by atoms with Crippen molar-refractivity contribution in [3.63, 3.8) is 0 Å².